The fraction of sp³-hybridized carbons (Fsp3) is 0.321. The summed E-state index contributed by atoms with van der Waals surface area (Å²) in [4.78, 5) is 12.6. The second kappa shape index (κ2) is 12.0. The van der Waals surface area contributed by atoms with Gasteiger partial charge in [0, 0.05) is 13.0 Å². The predicted octanol–water partition coefficient (Wildman–Crippen LogP) is 5.13. The first-order valence-corrected chi connectivity index (χ1v) is 13.1. The van der Waals surface area contributed by atoms with E-state index in [9.17, 15) is 13.2 Å². The van der Waals surface area contributed by atoms with E-state index in [0.29, 0.717) is 19.5 Å². The molecule has 7 heteroatoms. The fourth-order valence-electron chi connectivity index (χ4n) is 3.63. The van der Waals surface area contributed by atoms with Crippen LogP contribution in [0.2, 0.25) is 0 Å². The van der Waals surface area contributed by atoms with Crippen molar-refractivity contribution < 1.29 is 22.1 Å². The van der Waals surface area contributed by atoms with Gasteiger partial charge in [-0.25, -0.2) is 0 Å². The molecule has 3 rings (SSSR count). The Bertz CT molecular complexity index is 1170. The third-order valence-corrected chi connectivity index (χ3v) is 6.43. The monoisotopic (exact) mass is 495 g/mol. The van der Waals surface area contributed by atoms with Crippen molar-refractivity contribution in [2.45, 2.75) is 50.7 Å². The number of hydrogen-bond donors (Lipinski definition) is 1. The SMILES string of the molecule is CC(C)(C)OC(=O)CC(CNCc1ccccc1)Cc1ccc(OS(=O)(=O)c2ccccc2)cc1. The zero-order chi connectivity index (χ0) is 25.3. The predicted molar refractivity (Wildman–Crippen MR) is 137 cm³/mol. The van der Waals surface area contributed by atoms with Crippen molar-refractivity contribution in [2.75, 3.05) is 6.54 Å². The summed E-state index contributed by atoms with van der Waals surface area (Å²) in [6.07, 6.45) is 0.909. The van der Waals surface area contributed by atoms with E-state index in [4.69, 9.17) is 8.92 Å². The molecule has 0 aliphatic carbocycles. The average molecular weight is 496 g/mol. The number of carbonyl (C=O) groups excluding carboxylic acids is 1. The Kier molecular flexibility index (Phi) is 9.07. The van der Waals surface area contributed by atoms with Gasteiger partial charge in [0.05, 0.1) is 0 Å². The molecule has 6 nitrogen and oxygen atoms in total. The molecule has 0 aliphatic rings. The van der Waals surface area contributed by atoms with Gasteiger partial charge in [0.2, 0.25) is 0 Å². The van der Waals surface area contributed by atoms with E-state index in [2.05, 4.69) is 17.4 Å². The summed E-state index contributed by atoms with van der Waals surface area (Å²) < 4.78 is 35.7. The van der Waals surface area contributed by atoms with Crippen LogP contribution in [-0.4, -0.2) is 26.5 Å². The molecule has 35 heavy (non-hydrogen) atoms. The second-order valence-electron chi connectivity index (χ2n) is 9.47. The average Bonchev–Trinajstić information content (AvgIpc) is 2.80. The van der Waals surface area contributed by atoms with Gasteiger partial charge in [-0.1, -0.05) is 60.7 Å². The Morgan fingerprint density at radius 3 is 2.06 bits per heavy atom. The third kappa shape index (κ3) is 9.19. The molecular weight excluding hydrogens is 462 g/mol. The summed E-state index contributed by atoms with van der Waals surface area (Å²) in [6.45, 7) is 6.91. The van der Waals surface area contributed by atoms with E-state index < -0.39 is 15.7 Å². The van der Waals surface area contributed by atoms with E-state index in [1.54, 1.807) is 30.3 Å². The molecule has 1 atom stereocenters. The standard InChI is InChI=1S/C28H33NO5S/c1-28(2,3)33-27(30)19-24(21-29-20-23-10-6-4-7-11-23)18-22-14-16-25(17-15-22)34-35(31,32)26-12-8-5-9-13-26/h4-17,24,29H,18-21H2,1-3H3. The minimum atomic E-state index is -3.89. The van der Waals surface area contributed by atoms with E-state index in [1.165, 1.54) is 17.7 Å². The molecule has 1 unspecified atom stereocenters. The largest absolute Gasteiger partial charge is 0.460 e. The van der Waals surface area contributed by atoms with Crippen LogP contribution in [0, 0.1) is 5.92 Å². The van der Waals surface area contributed by atoms with Crippen LogP contribution in [0.1, 0.15) is 38.3 Å². The van der Waals surface area contributed by atoms with E-state index in [-0.39, 0.29) is 29.0 Å². The molecule has 0 saturated heterocycles. The van der Waals surface area contributed by atoms with Crippen molar-refractivity contribution in [3.8, 4) is 5.75 Å². The first-order valence-electron chi connectivity index (χ1n) is 11.7. The number of carbonyl (C=O) groups is 1. The fourth-order valence-corrected chi connectivity index (χ4v) is 4.58. The normalized spacial score (nSPS) is 12.7. The van der Waals surface area contributed by atoms with Crippen LogP contribution in [-0.2, 0) is 32.6 Å². The van der Waals surface area contributed by atoms with Crippen molar-refractivity contribution in [3.05, 3.63) is 96.1 Å². The molecule has 0 radical (unpaired) electrons. The van der Waals surface area contributed by atoms with Gasteiger partial charge in [-0.2, -0.15) is 8.42 Å². The lowest BCUT2D eigenvalue weighted by atomic mass is 9.95. The number of benzene rings is 3. The molecule has 0 bridgehead atoms. The summed E-state index contributed by atoms with van der Waals surface area (Å²) in [5, 5.41) is 3.44. The summed E-state index contributed by atoms with van der Waals surface area (Å²) >= 11 is 0. The molecule has 0 amide bonds. The van der Waals surface area contributed by atoms with Gasteiger partial charge in [-0.3, -0.25) is 4.79 Å². The van der Waals surface area contributed by atoms with Crippen LogP contribution in [0.4, 0.5) is 0 Å². The van der Waals surface area contributed by atoms with Gasteiger partial charge >= 0.3 is 16.1 Å². The number of rotatable bonds is 11. The molecule has 0 aromatic heterocycles. The zero-order valence-electron chi connectivity index (χ0n) is 20.4. The summed E-state index contributed by atoms with van der Waals surface area (Å²) in [5.41, 5.74) is 1.61. The first-order chi connectivity index (χ1) is 16.6. The number of ether oxygens (including phenoxy) is 1. The van der Waals surface area contributed by atoms with Crippen molar-refractivity contribution in [1.29, 1.82) is 0 Å². The molecule has 3 aromatic rings. The molecule has 0 aliphatic heterocycles. The molecule has 0 heterocycles. The number of hydrogen-bond acceptors (Lipinski definition) is 6. The van der Waals surface area contributed by atoms with Gasteiger partial charge in [-0.15, -0.1) is 0 Å². The van der Waals surface area contributed by atoms with Crippen molar-refractivity contribution in [1.82, 2.24) is 5.32 Å². The lowest BCUT2D eigenvalue weighted by Crippen LogP contribution is -2.30. The van der Waals surface area contributed by atoms with E-state index in [0.717, 1.165) is 5.56 Å². The first kappa shape index (κ1) is 26.4. The Labute approximate surface area is 208 Å². The maximum atomic E-state index is 12.5. The lowest BCUT2D eigenvalue weighted by Gasteiger charge is -2.23. The maximum absolute atomic E-state index is 12.5. The van der Waals surface area contributed by atoms with E-state index >= 15 is 0 Å². The second-order valence-corrected chi connectivity index (χ2v) is 11.0. The Morgan fingerprint density at radius 2 is 1.46 bits per heavy atom. The molecule has 186 valence electrons. The highest BCUT2D eigenvalue weighted by atomic mass is 32.2. The van der Waals surface area contributed by atoms with Crippen molar-refractivity contribution >= 4 is 16.1 Å². The zero-order valence-corrected chi connectivity index (χ0v) is 21.3. The smallest absolute Gasteiger partial charge is 0.339 e. The number of nitrogens with one attached hydrogen (secondary N) is 1. The van der Waals surface area contributed by atoms with Crippen LogP contribution in [0.15, 0.2) is 89.8 Å². The Hall–Kier alpha value is -3.16. The highest BCUT2D eigenvalue weighted by molar-refractivity contribution is 7.87. The minimum absolute atomic E-state index is 0.00776. The van der Waals surface area contributed by atoms with Crippen LogP contribution in [0.5, 0.6) is 5.75 Å². The maximum Gasteiger partial charge on any atom is 0.339 e. The topological polar surface area (TPSA) is 81.7 Å². The molecule has 3 aromatic carbocycles. The lowest BCUT2D eigenvalue weighted by molar-refractivity contribution is -0.155. The van der Waals surface area contributed by atoms with Crippen molar-refractivity contribution in [2.24, 2.45) is 5.92 Å². The van der Waals surface area contributed by atoms with Crippen molar-refractivity contribution in [3.63, 3.8) is 0 Å². The minimum Gasteiger partial charge on any atom is -0.460 e. The van der Waals surface area contributed by atoms with Gasteiger partial charge in [-0.05, 0) is 75.0 Å². The van der Waals surface area contributed by atoms with Crippen LogP contribution >= 0.6 is 0 Å². The Morgan fingerprint density at radius 1 is 0.857 bits per heavy atom. The molecular formula is C28H33NO5S. The molecule has 0 fully saturated rings. The van der Waals surface area contributed by atoms with Gasteiger partial charge < -0.3 is 14.2 Å². The third-order valence-electron chi connectivity index (χ3n) is 5.17. The van der Waals surface area contributed by atoms with E-state index in [1.807, 2.05) is 51.1 Å². The highest BCUT2D eigenvalue weighted by Crippen LogP contribution is 2.22. The number of esters is 1. The molecule has 1 N–H and O–H groups in total. The molecule has 0 saturated carbocycles. The quantitative estimate of drug-likeness (QED) is 0.293. The van der Waals surface area contributed by atoms with Gasteiger partial charge in [0.25, 0.3) is 0 Å². The highest BCUT2D eigenvalue weighted by Gasteiger charge is 2.21. The Balaban J connectivity index is 1.64. The summed E-state index contributed by atoms with van der Waals surface area (Å²) in [6, 6.07) is 25.0. The van der Waals surface area contributed by atoms with Crippen LogP contribution in [0.3, 0.4) is 0 Å². The summed E-state index contributed by atoms with van der Waals surface area (Å²) in [5.74, 6) is 0.00907. The van der Waals surface area contributed by atoms with Crippen LogP contribution < -0.4 is 9.50 Å². The van der Waals surface area contributed by atoms with Gasteiger partial charge in [0.1, 0.15) is 16.2 Å². The van der Waals surface area contributed by atoms with Gasteiger partial charge in [0.15, 0.2) is 0 Å². The summed E-state index contributed by atoms with van der Waals surface area (Å²) in [7, 11) is -3.89. The van der Waals surface area contributed by atoms with Crippen LogP contribution in [0.25, 0.3) is 0 Å². The molecule has 0 spiro atoms.